The number of rotatable bonds is 4. The van der Waals surface area contributed by atoms with Crippen molar-refractivity contribution >= 4 is 43.6 Å². The molecule has 48 heavy (non-hydrogen) atoms. The summed E-state index contributed by atoms with van der Waals surface area (Å²) >= 11 is 0. The van der Waals surface area contributed by atoms with E-state index in [4.69, 9.17) is 0 Å². The average Bonchev–Trinajstić information content (AvgIpc) is 3.67. The van der Waals surface area contributed by atoms with Gasteiger partial charge in [0.15, 0.2) is 0 Å². The minimum atomic E-state index is 0.353. The van der Waals surface area contributed by atoms with Crippen molar-refractivity contribution in [2.75, 3.05) is 0 Å². The fourth-order valence-corrected chi connectivity index (χ4v) is 7.32. The van der Waals surface area contributed by atoms with Crippen molar-refractivity contribution in [1.29, 1.82) is 10.5 Å². The molecule has 0 radical (unpaired) electrons. The number of hydrogen-bond acceptors (Lipinski definition) is 2. The molecule has 0 unspecified atom stereocenters. The lowest BCUT2D eigenvalue weighted by atomic mass is 9.91. The van der Waals surface area contributed by atoms with Crippen LogP contribution < -0.4 is 0 Å². The van der Waals surface area contributed by atoms with Gasteiger partial charge < -0.3 is 9.13 Å². The molecule has 0 bridgehead atoms. The van der Waals surface area contributed by atoms with Crippen molar-refractivity contribution in [3.63, 3.8) is 0 Å². The quantitative estimate of drug-likeness (QED) is 0.199. The van der Waals surface area contributed by atoms with Crippen LogP contribution in [-0.2, 0) is 0 Å². The maximum atomic E-state index is 10.1. The summed E-state index contributed by atoms with van der Waals surface area (Å²) in [6, 6.07) is 59.1. The number of nitrogens with zero attached hydrogens (tertiary/aromatic N) is 4. The summed E-state index contributed by atoms with van der Waals surface area (Å²) in [5.74, 6) is 0. The SMILES string of the molecule is N#Cc1cc(-c2ccccc2-c2ccc(-n3c4ccccc4c4ccccc43)cc2)c(-n2c3ccccc3c3ccccc32)cc1C#N. The summed E-state index contributed by atoms with van der Waals surface area (Å²) < 4.78 is 4.55. The molecule has 0 aliphatic rings. The molecule has 0 saturated heterocycles. The molecule has 2 aromatic heterocycles. The average molecular weight is 611 g/mol. The van der Waals surface area contributed by atoms with Crippen LogP contribution in [0.15, 0.2) is 158 Å². The summed E-state index contributed by atoms with van der Waals surface area (Å²) in [6.45, 7) is 0. The van der Waals surface area contributed by atoms with Crippen molar-refractivity contribution in [2.24, 2.45) is 0 Å². The van der Waals surface area contributed by atoms with E-state index in [1.807, 2.05) is 30.3 Å². The summed E-state index contributed by atoms with van der Waals surface area (Å²) in [5.41, 5.74) is 11.1. The van der Waals surface area contributed by atoms with E-state index in [2.05, 4.69) is 149 Å². The highest BCUT2D eigenvalue weighted by molar-refractivity contribution is 6.10. The van der Waals surface area contributed by atoms with Crippen LogP contribution in [0.3, 0.4) is 0 Å². The number of nitriles is 2. The summed E-state index contributed by atoms with van der Waals surface area (Å²) in [6.07, 6.45) is 0. The minimum Gasteiger partial charge on any atom is -0.309 e. The molecule has 0 saturated carbocycles. The first-order chi connectivity index (χ1) is 23.7. The Morgan fingerprint density at radius 1 is 0.375 bits per heavy atom. The van der Waals surface area contributed by atoms with Gasteiger partial charge in [-0.1, -0.05) is 109 Å². The maximum Gasteiger partial charge on any atom is 0.101 e. The fraction of sp³-hybridized carbons (Fsp3) is 0. The highest BCUT2D eigenvalue weighted by atomic mass is 15.0. The zero-order valence-corrected chi connectivity index (χ0v) is 25.8. The van der Waals surface area contributed by atoms with Crippen LogP contribution in [0, 0.1) is 22.7 Å². The first-order valence-electron chi connectivity index (χ1n) is 15.9. The standard InChI is InChI=1S/C44H26N4/c45-27-30-25-39(44(26-31(30)28-46)48-42-19-9-5-15-37(42)38-16-6-10-20-43(38)48)34-12-2-1-11-33(34)29-21-23-32(24-22-29)47-40-17-7-3-13-35(40)36-14-4-8-18-41(36)47/h1-26H. The molecule has 9 aromatic rings. The molecular weight excluding hydrogens is 585 g/mol. The van der Waals surface area contributed by atoms with Crippen LogP contribution in [-0.4, -0.2) is 9.13 Å². The van der Waals surface area contributed by atoms with Crippen molar-refractivity contribution in [2.45, 2.75) is 0 Å². The van der Waals surface area contributed by atoms with Crippen LogP contribution in [0.5, 0.6) is 0 Å². The second-order valence-corrected chi connectivity index (χ2v) is 12.0. The van der Waals surface area contributed by atoms with E-state index in [1.54, 1.807) is 0 Å². The Kier molecular flexibility index (Phi) is 6.22. The predicted molar refractivity (Wildman–Crippen MR) is 195 cm³/mol. The highest BCUT2D eigenvalue weighted by Gasteiger charge is 2.20. The van der Waals surface area contributed by atoms with E-state index in [-0.39, 0.29) is 0 Å². The van der Waals surface area contributed by atoms with E-state index in [9.17, 15) is 10.5 Å². The van der Waals surface area contributed by atoms with Crippen LogP contribution in [0.4, 0.5) is 0 Å². The fourth-order valence-electron chi connectivity index (χ4n) is 7.32. The van der Waals surface area contributed by atoms with Crippen molar-refractivity contribution < 1.29 is 0 Å². The van der Waals surface area contributed by atoms with Gasteiger partial charge in [-0.05, 0) is 65.2 Å². The van der Waals surface area contributed by atoms with Gasteiger partial charge in [-0.3, -0.25) is 0 Å². The third-order valence-corrected chi connectivity index (χ3v) is 9.43. The molecule has 0 N–H and O–H groups in total. The molecule has 7 aromatic carbocycles. The molecule has 2 heterocycles. The van der Waals surface area contributed by atoms with Crippen LogP contribution in [0.2, 0.25) is 0 Å². The van der Waals surface area contributed by atoms with E-state index in [0.29, 0.717) is 11.1 Å². The van der Waals surface area contributed by atoms with Gasteiger partial charge in [0.25, 0.3) is 0 Å². The van der Waals surface area contributed by atoms with E-state index in [0.717, 1.165) is 55.4 Å². The Hall–Kier alpha value is -6.88. The lowest BCUT2D eigenvalue weighted by Crippen LogP contribution is -2.01. The molecule has 222 valence electrons. The van der Waals surface area contributed by atoms with Gasteiger partial charge in [0.05, 0.1) is 38.9 Å². The van der Waals surface area contributed by atoms with E-state index >= 15 is 0 Å². The zero-order chi connectivity index (χ0) is 32.2. The molecule has 0 aliphatic carbocycles. The molecule has 4 nitrogen and oxygen atoms in total. The monoisotopic (exact) mass is 610 g/mol. The molecule has 9 rings (SSSR count). The molecule has 0 fully saturated rings. The number of aromatic nitrogens is 2. The van der Waals surface area contributed by atoms with Gasteiger partial charge in [-0.2, -0.15) is 10.5 Å². The summed E-state index contributed by atoms with van der Waals surface area (Å²) in [7, 11) is 0. The van der Waals surface area contributed by atoms with Crippen LogP contribution >= 0.6 is 0 Å². The Bertz CT molecular complexity index is 2690. The Balaban J connectivity index is 1.26. The summed E-state index contributed by atoms with van der Waals surface area (Å²) in [4.78, 5) is 0. The van der Waals surface area contributed by atoms with Gasteiger partial charge >= 0.3 is 0 Å². The maximum absolute atomic E-state index is 10.1. The largest absolute Gasteiger partial charge is 0.309 e. The third-order valence-electron chi connectivity index (χ3n) is 9.43. The second-order valence-electron chi connectivity index (χ2n) is 12.0. The normalized spacial score (nSPS) is 11.3. The van der Waals surface area contributed by atoms with Gasteiger partial charge in [0.1, 0.15) is 12.1 Å². The highest BCUT2D eigenvalue weighted by Crippen LogP contribution is 2.41. The number of hydrogen-bond donors (Lipinski definition) is 0. The molecule has 0 amide bonds. The Morgan fingerprint density at radius 3 is 1.29 bits per heavy atom. The first-order valence-corrected chi connectivity index (χ1v) is 15.9. The number of fused-ring (bicyclic) bond motifs is 6. The lowest BCUT2D eigenvalue weighted by molar-refractivity contribution is 1.17. The van der Waals surface area contributed by atoms with E-state index < -0.39 is 0 Å². The van der Waals surface area contributed by atoms with Crippen LogP contribution in [0.25, 0.3) is 77.2 Å². The molecule has 4 heteroatoms. The van der Waals surface area contributed by atoms with Crippen molar-refractivity contribution in [1.82, 2.24) is 9.13 Å². The lowest BCUT2D eigenvalue weighted by Gasteiger charge is -2.18. The molecule has 0 spiro atoms. The van der Waals surface area contributed by atoms with Gasteiger partial charge in [-0.15, -0.1) is 0 Å². The molecule has 0 aliphatic heterocycles. The zero-order valence-electron chi connectivity index (χ0n) is 25.8. The summed E-state index contributed by atoms with van der Waals surface area (Å²) in [5, 5.41) is 25.0. The Labute approximate surface area is 277 Å². The predicted octanol–water partition coefficient (Wildman–Crippen LogP) is 11.0. The van der Waals surface area contributed by atoms with Gasteiger partial charge in [0, 0.05) is 32.8 Å². The molecule has 0 atom stereocenters. The van der Waals surface area contributed by atoms with Crippen molar-refractivity contribution in [3.05, 3.63) is 169 Å². The third kappa shape index (κ3) is 4.07. The van der Waals surface area contributed by atoms with Gasteiger partial charge in [0.2, 0.25) is 0 Å². The minimum absolute atomic E-state index is 0.353. The molecular formula is C44H26N4. The second kappa shape index (κ2) is 10.9. The van der Waals surface area contributed by atoms with Crippen molar-refractivity contribution in [3.8, 4) is 45.8 Å². The Morgan fingerprint density at radius 2 is 0.792 bits per heavy atom. The van der Waals surface area contributed by atoms with Crippen LogP contribution in [0.1, 0.15) is 11.1 Å². The smallest absolute Gasteiger partial charge is 0.101 e. The first kappa shape index (κ1) is 27.4. The van der Waals surface area contributed by atoms with Gasteiger partial charge in [-0.25, -0.2) is 0 Å². The topological polar surface area (TPSA) is 57.4 Å². The van der Waals surface area contributed by atoms with E-state index in [1.165, 1.54) is 21.8 Å². The number of benzene rings is 7. The number of para-hydroxylation sites is 4.